The van der Waals surface area contributed by atoms with Gasteiger partial charge in [-0.1, -0.05) is 51.1 Å². The first-order valence-electron chi connectivity index (χ1n) is 14.1. The van der Waals surface area contributed by atoms with Crippen molar-refractivity contribution in [2.24, 2.45) is 5.92 Å². The normalized spacial score (nSPS) is 12.0. The van der Waals surface area contributed by atoms with Gasteiger partial charge in [0.1, 0.15) is 24.1 Å². The number of nitrogens with one attached hydrogen (secondary N) is 1. The van der Waals surface area contributed by atoms with Crippen molar-refractivity contribution < 1.29 is 27.5 Å². The van der Waals surface area contributed by atoms with E-state index in [2.05, 4.69) is 5.32 Å². The zero-order valence-corrected chi connectivity index (χ0v) is 25.8. The van der Waals surface area contributed by atoms with Crippen molar-refractivity contribution in [1.29, 1.82) is 0 Å². The number of amides is 2. The summed E-state index contributed by atoms with van der Waals surface area (Å²) < 4.78 is 39.7. The highest BCUT2D eigenvalue weighted by Crippen LogP contribution is 2.26. The minimum absolute atomic E-state index is 0.0195. The number of ether oxygens (including phenoxy) is 2. The van der Waals surface area contributed by atoms with Crippen LogP contribution in [-0.2, 0) is 26.2 Å². The molecule has 0 saturated heterocycles. The number of hydrogen-bond acceptors (Lipinski definition) is 6. The lowest BCUT2D eigenvalue weighted by atomic mass is 10.1. The molecule has 0 aromatic heterocycles. The molecule has 0 bridgehead atoms. The van der Waals surface area contributed by atoms with Gasteiger partial charge in [-0.2, -0.15) is 0 Å². The second-order valence-corrected chi connectivity index (χ2v) is 12.0. The Hall–Kier alpha value is -4.05. The number of para-hydroxylation sites is 1. The van der Waals surface area contributed by atoms with E-state index in [1.807, 2.05) is 39.8 Å². The fourth-order valence-corrected chi connectivity index (χ4v) is 5.81. The summed E-state index contributed by atoms with van der Waals surface area (Å²) in [6.07, 6.45) is 0.350. The molecule has 10 heteroatoms. The molecule has 3 rings (SSSR count). The second kappa shape index (κ2) is 15.3. The van der Waals surface area contributed by atoms with Crippen LogP contribution in [0.15, 0.2) is 83.8 Å². The van der Waals surface area contributed by atoms with Crippen molar-refractivity contribution in [1.82, 2.24) is 10.2 Å². The van der Waals surface area contributed by atoms with Crippen LogP contribution in [-0.4, -0.2) is 58.0 Å². The van der Waals surface area contributed by atoms with E-state index in [9.17, 15) is 18.0 Å². The zero-order valence-electron chi connectivity index (χ0n) is 24.9. The Morgan fingerprint density at radius 1 is 0.881 bits per heavy atom. The maximum absolute atomic E-state index is 14.1. The molecule has 1 atom stereocenters. The van der Waals surface area contributed by atoms with E-state index in [1.165, 1.54) is 17.0 Å². The number of sulfonamides is 1. The summed E-state index contributed by atoms with van der Waals surface area (Å²) in [5.41, 5.74) is 1.11. The summed E-state index contributed by atoms with van der Waals surface area (Å²) in [5, 5.41) is 2.93. The Balaban J connectivity index is 2.01. The Morgan fingerprint density at radius 3 is 2.05 bits per heavy atom. The summed E-state index contributed by atoms with van der Waals surface area (Å²) in [6, 6.07) is 21.0. The molecular weight excluding hydrogens is 554 g/mol. The molecule has 1 unspecified atom stereocenters. The molecule has 0 heterocycles. The summed E-state index contributed by atoms with van der Waals surface area (Å²) in [4.78, 5) is 28.9. The molecule has 0 aliphatic carbocycles. The topological polar surface area (TPSA) is 105 Å². The SMILES string of the molecule is CCOc1ccc(S(=O)(=O)N(CC(=O)N(Cc2ccc(OC)cc2)C(CC)C(=O)NCC(C)C)c2ccccc2)cc1. The van der Waals surface area contributed by atoms with Gasteiger partial charge in [-0.15, -0.1) is 0 Å². The van der Waals surface area contributed by atoms with Crippen molar-refractivity contribution in [3.63, 3.8) is 0 Å². The minimum atomic E-state index is -4.16. The Kier molecular flexibility index (Phi) is 11.8. The largest absolute Gasteiger partial charge is 0.497 e. The minimum Gasteiger partial charge on any atom is -0.497 e. The number of carbonyl (C=O) groups is 2. The third-order valence-corrected chi connectivity index (χ3v) is 8.42. The fourth-order valence-electron chi connectivity index (χ4n) is 4.39. The van der Waals surface area contributed by atoms with Crippen LogP contribution >= 0.6 is 0 Å². The third kappa shape index (κ3) is 8.48. The number of anilines is 1. The lowest BCUT2D eigenvalue weighted by Crippen LogP contribution is -2.52. The van der Waals surface area contributed by atoms with E-state index in [1.54, 1.807) is 61.7 Å². The van der Waals surface area contributed by atoms with Gasteiger partial charge in [-0.3, -0.25) is 13.9 Å². The third-order valence-electron chi connectivity index (χ3n) is 6.63. The molecule has 0 spiro atoms. The van der Waals surface area contributed by atoms with Gasteiger partial charge < -0.3 is 19.7 Å². The van der Waals surface area contributed by atoms with Gasteiger partial charge >= 0.3 is 0 Å². The quantitative estimate of drug-likeness (QED) is 0.269. The van der Waals surface area contributed by atoms with E-state index in [0.29, 0.717) is 36.8 Å². The molecule has 9 nitrogen and oxygen atoms in total. The molecule has 0 radical (unpaired) electrons. The van der Waals surface area contributed by atoms with Crippen LogP contribution in [0, 0.1) is 5.92 Å². The zero-order chi connectivity index (χ0) is 30.7. The number of nitrogens with zero attached hydrogens (tertiary/aromatic N) is 2. The van der Waals surface area contributed by atoms with E-state index >= 15 is 0 Å². The Bertz CT molecular complexity index is 1390. The predicted molar refractivity (Wildman–Crippen MR) is 164 cm³/mol. The molecule has 2 amide bonds. The maximum Gasteiger partial charge on any atom is 0.264 e. The van der Waals surface area contributed by atoms with Gasteiger partial charge in [0, 0.05) is 13.1 Å². The van der Waals surface area contributed by atoms with E-state index in [0.717, 1.165) is 9.87 Å². The van der Waals surface area contributed by atoms with Crippen molar-refractivity contribution in [2.75, 3.05) is 31.1 Å². The summed E-state index contributed by atoms with van der Waals surface area (Å²) in [7, 11) is -2.59. The highest BCUT2D eigenvalue weighted by atomic mass is 32.2. The number of hydrogen-bond donors (Lipinski definition) is 1. The smallest absolute Gasteiger partial charge is 0.264 e. The lowest BCUT2D eigenvalue weighted by molar-refractivity contribution is -0.140. The first-order chi connectivity index (χ1) is 20.1. The summed E-state index contributed by atoms with van der Waals surface area (Å²) in [6.45, 7) is 8.19. The molecule has 3 aromatic rings. The molecule has 0 fully saturated rings. The Morgan fingerprint density at radius 2 is 1.50 bits per heavy atom. The first-order valence-corrected chi connectivity index (χ1v) is 15.5. The van der Waals surface area contributed by atoms with Crippen LogP contribution in [0.2, 0.25) is 0 Å². The maximum atomic E-state index is 14.1. The van der Waals surface area contributed by atoms with Crippen molar-refractivity contribution >= 4 is 27.5 Å². The number of rotatable bonds is 15. The van der Waals surface area contributed by atoms with Crippen LogP contribution in [0.3, 0.4) is 0 Å². The average molecular weight is 596 g/mol. The monoisotopic (exact) mass is 595 g/mol. The van der Waals surface area contributed by atoms with Gasteiger partial charge in [-0.05, 0) is 73.4 Å². The fraction of sp³-hybridized carbons (Fsp3) is 0.375. The van der Waals surface area contributed by atoms with Crippen LogP contribution in [0.4, 0.5) is 5.69 Å². The van der Waals surface area contributed by atoms with Crippen molar-refractivity contribution in [2.45, 2.75) is 51.6 Å². The van der Waals surface area contributed by atoms with E-state index < -0.39 is 28.5 Å². The molecule has 42 heavy (non-hydrogen) atoms. The van der Waals surface area contributed by atoms with E-state index in [-0.39, 0.29) is 23.3 Å². The predicted octanol–water partition coefficient (Wildman–Crippen LogP) is 4.87. The van der Waals surface area contributed by atoms with Gasteiger partial charge in [0.2, 0.25) is 11.8 Å². The van der Waals surface area contributed by atoms with Gasteiger partial charge in [0.15, 0.2) is 0 Å². The Labute approximate surface area is 249 Å². The molecule has 226 valence electrons. The molecule has 0 aliphatic rings. The van der Waals surface area contributed by atoms with Crippen LogP contribution in [0.5, 0.6) is 11.5 Å². The standard InChI is InChI=1S/C32H41N3O6S/c1-6-30(32(37)33-21-24(3)4)34(22-25-13-15-27(40-5)16-14-25)31(36)23-35(26-11-9-8-10-12-26)42(38,39)29-19-17-28(18-20-29)41-7-2/h8-20,24,30H,6-7,21-23H2,1-5H3,(H,33,37). The number of carbonyl (C=O) groups excluding carboxylic acids is 2. The first kappa shape index (κ1) is 32.5. The number of benzene rings is 3. The molecule has 0 aliphatic heterocycles. The summed E-state index contributed by atoms with van der Waals surface area (Å²) >= 11 is 0. The molecule has 1 N–H and O–H groups in total. The second-order valence-electron chi connectivity index (χ2n) is 10.2. The van der Waals surface area contributed by atoms with Crippen molar-refractivity contribution in [3.05, 3.63) is 84.4 Å². The number of methoxy groups -OCH3 is 1. The molecule has 0 saturated carbocycles. The lowest BCUT2D eigenvalue weighted by Gasteiger charge is -2.33. The van der Waals surface area contributed by atoms with Crippen molar-refractivity contribution in [3.8, 4) is 11.5 Å². The highest BCUT2D eigenvalue weighted by molar-refractivity contribution is 7.92. The van der Waals surface area contributed by atoms with E-state index in [4.69, 9.17) is 9.47 Å². The molecule has 3 aromatic carbocycles. The van der Waals surface area contributed by atoms with Crippen LogP contribution in [0.25, 0.3) is 0 Å². The summed E-state index contributed by atoms with van der Waals surface area (Å²) in [5.74, 6) is 0.646. The van der Waals surface area contributed by atoms with Crippen LogP contribution < -0.4 is 19.1 Å². The molecular formula is C32H41N3O6S. The highest BCUT2D eigenvalue weighted by Gasteiger charge is 2.33. The van der Waals surface area contributed by atoms with Gasteiger partial charge in [0.25, 0.3) is 10.0 Å². The average Bonchev–Trinajstić information content (AvgIpc) is 2.99. The van der Waals surface area contributed by atoms with Gasteiger partial charge in [-0.25, -0.2) is 8.42 Å². The van der Waals surface area contributed by atoms with Gasteiger partial charge in [0.05, 0.1) is 24.3 Å². The van der Waals surface area contributed by atoms with Crippen LogP contribution in [0.1, 0.15) is 39.7 Å².